The molecule has 6 nitrogen and oxygen atoms in total. The van der Waals surface area contributed by atoms with Gasteiger partial charge in [-0.1, -0.05) is 15.9 Å². The first-order chi connectivity index (χ1) is 11.6. The van der Waals surface area contributed by atoms with E-state index >= 15 is 0 Å². The number of rotatable bonds is 3. The number of aryl methyl sites for hydroxylation is 1. The topological polar surface area (TPSA) is 75.1 Å². The number of carbonyl (C=O) groups is 1. The quantitative estimate of drug-likeness (QED) is 0.570. The predicted octanol–water partition coefficient (Wildman–Crippen LogP) is 3.21. The Hall–Kier alpha value is -2.67. The number of carbonyl (C=O) groups excluding carboxylic acids is 1. The Morgan fingerprint density at radius 3 is 3.12 bits per heavy atom. The molecule has 0 aliphatic heterocycles. The van der Waals surface area contributed by atoms with Crippen LogP contribution < -0.4 is 5.32 Å². The first-order valence-corrected chi connectivity index (χ1v) is 8.24. The molecule has 0 unspecified atom stereocenters. The zero-order valence-electron chi connectivity index (χ0n) is 12.9. The average Bonchev–Trinajstić information content (AvgIpc) is 3.17. The van der Waals surface area contributed by atoms with Gasteiger partial charge in [0, 0.05) is 22.3 Å². The van der Waals surface area contributed by atoms with Crippen LogP contribution in [0.2, 0.25) is 0 Å². The molecule has 24 heavy (non-hydrogen) atoms. The lowest BCUT2D eigenvalue weighted by Gasteiger charge is -2.05. The van der Waals surface area contributed by atoms with E-state index in [4.69, 9.17) is 0 Å². The highest BCUT2D eigenvalue weighted by molar-refractivity contribution is 9.10. The molecule has 0 atom stereocenters. The highest BCUT2D eigenvalue weighted by Gasteiger charge is 2.13. The number of halogens is 1. The Kier molecular flexibility index (Phi) is 3.57. The van der Waals surface area contributed by atoms with Crippen LogP contribution >= 0.6 is 15.9 Å². The minimum Gasteiger partial charge on any atom is -0.346 e. The molecule has 120 valence electrons. The molecule has 3 heterocycles. The fourth-order valence-corrected chi connectivity index (χ4v) is 3.15. The summed E-state index contributed by atoms with van der Waals surface area (Å²) in [5.74, 6) is -0.157. The van der Waals surface area contributed by atoms with E-state index in [0.717, 1.165) is 32.3 Å². The number of H-pyrrole nitrogens is 1. The molecule has 0 radical (unpaired) electrons. The SMILES string of the molecule is Cc1ccn2cc(CNC(=O)c3cc(Br)cc4[nH]ncc34)nc2c1. The van der Waals surface area contributed by atoms with E-state index in [2.05, 4.69) is 36.4 Å². The van der Waals surface area contributed by atoms with Crippen LogP contribution in [-0.2, 0) is 6.54 Å². The van der Waals surface area contributed by atoms with Crippen molar-refractivity contribution in [1.82, 2.24) is 24.9 Å². The minimum absolute atomic E-state index is 0.157. The first kappa shape index (κ1) is 14.9. The van der Waals surface area contributed by atoms with Crippen molar-refractivity contribution < 1.29 is 4.79 Å². The van der Waals surface area contributed by atoms with Gasteiger partial charge in [0.2, 0.25) is 0 Å². The number of benzene rings is 1. The molecule has 0 spiro atoms. The van der Waals surface area contributed by atoms with E-state index in [0.29, 0.717) is 12.1 Å². The number of amides is 1. The summed E-state index contributed by atoms with van der Waals surface area (Å²) >= 11 is 3.42. The van der Waals surface area contributed by atoms with Gasteiger partial charge in [0.15, 0.2) is 0 Å². The third-order valence-corrected chi connectivity index (χ3v) is 4.32. The maximum absolute atomic E-state index is 12.5. The van der Waals surface area contributed by atoms with Crippen molar-refractivity contribution in [3.8, 4) is 0 Å². The molecule has 0 aliphatic carbocycles. The molecule has 0 saturated carbocycles. The van der Waals surface area contributed by atoms with Gasteiger partial charge in [0.25, 0.3) is 5.91 Å². The van der Waals surface area contributed by atoms with Crippen molar-refractivity contribution in [3.63, 3.8) is 0 Å². The standard InChI is InChI=1S/C17H14BrN5O/c1-10-2-3-23-9-12(21-16(23)4-10)7-19-17(24)13-5-11(18)6-15-14(13)8-20-22-15/h2-6,8-9H,7H2,1H3,(H,19,24)(H,20,22). The maximum Gasteiger partial charge on any atom is 0.252 e. The molecule has 4 rings (SSSR count). The number of nitrogens with one attached hydrogen (secondary N) is 2. The molecular weight excluding hydrogens is 370 g/mol. The molecule has 0 aliphatic rings. The Balaban J connectivity index is 1.57. The van der Waals surface area contributed by atoms with Gasteiger partial charge in [-0.15, -0.1) is 0 Å². The van der Waals surface area contributed by atoms with Crippen LogP contribution in [0.1, 0.15) is 21.6 Å². The molecule has 0 fully saturated rings. The minimum atomic E-state index is -0.157. The van der Waals surface area contributed by atoms with Crippen molar-refractivity contribution in [2.45, 2.75) is 13.5 Å². The zero-order chi connectivity index (χ0) is 16.7. The molecule has 1 amide bonds. The largest absolute Gasteiger partial charge is 0.346 e. The monoisotopic (exact) mass is 383 g/mol. The third-order valence-electron chi connectivity index (χ3n) is 3.86. The fourth-order valence-electron chi connectivity index (χ4n) is 2.69. The highest BCUT2D eigenvalue weighted by atomic mass is 79.9. The second kappa shape index (κ2) is 5.76. The van der Waals surface area contributed by atoms with Gasteiger partial charge in [-0.05, 0) is 36.8 Å². The van der Waals surface area contributed by atoms with Crippen LogP contribution in [0.5, 0.6) is 0 Å². The summed E-state index contributed by atoms with van der Waals surface area (Å²) in [4.78, 5) is 17.1. The number of hydrogen-bond donors (Lipinski definition) is 2. The third kappa shape index (κ3) is 2.67. The summed E-state index contributed by atoms with van der Waals surface area (Å²) in [6.45, 7) is 2.39. The number of imidazole rings is 1. The fraction of sp³-hybridized carbons (Fsp3) is 0.118. The summed E-state index contributed by atoms with van der Waals surface area (Å²) in [6.07, 6.45) is 5.54. The van der Waals surface area contributed by atoms with Gasteiger partial charge in [0.05, 0.1) is 29.5 Å². The summed E-state index contributed by atoms with van der Waals surface area (Å²) in [7, 11) is 0. The number of aromatic amines is 1. The van der Waals surface area contributed by atoms with E-state index < -0.39 is 0 Å². The van der Waals surface area contributed by atoms with E-state index in [-0.39, 0.29) is 5.91 Å². The summed E-state index contributed by atoms with van der Waals surface area (Å²) in [5, 5.41) is 10.6. The van der Waals surface area contributed by atoms with Crippen LogP contribution in [0, 0.1) is 6.92 Å². The smallest absolute Gasteiger partial charge is 0.252 e. The zero-order valence-corrected chi connectivity index (χ0v) is 14.5. The van der Waals surface area contributed by atoms with E-state index in [1.807, 2.05) is 41.9 Å². The van der Waals surface area contributed by atoms with Gasteiger partial charge < -0.3 is 9.72 Å². The molecule has 2 N–H and O–H groups in total. The van der Waals surface area contributed by atoms with Gasteiger partial charge >= 0.3 is 0 Å². The van der Waals surface area contributed by atoms with Gasteiger partial charge in [-0.3, -0.25) is 9.89 Å². The molecule has 3 aromatic heterocycles. The van der Waals surface area contributed by atoms with Crippen LogP contribution in [0.25, 0.3) is 16.6 Å². The van der Waals surface area contributed by atoms with Crippen molar-refractivity contribution >= 4 is 38.4 Å². The number of aromatic nitrogens is 4. The normalized spacial score (nSPS) is 11.2. The van der Waals surface area contributed by atoms with Crippen molar-refractivity contribution in [2.24, 2.45) is 0 Å². The summed E-state index contributed by atoms with van der Waals surface area (Å²) < 4.78 is 2.77. The van der Waals surface area contributed by atoms with Gasteiger partial charge in [-0.2, -0.15) is 5.10 Å². The molecular formula is C17H14BrN5O. The second-order valence-electron chi connectivity index (χ2n) is 5.67. The predicted molar refractivity (Wildman–Crippen MR) is 94.9 cm³/mol. The number of hydrogen-bond acceptors (Lipinski definition) is 3. The van der Waals surface area contributed by atoms with Crippen LogP contribution in [0.4, 0.5) is 0 Å². The summed E-state index contributed by atoms with van der Waals surface area (Å²) in [6, 6.07) is 7.71. The van der Waals surface area contributed by atoms with Crippen molar-refractivity contribution in [3.05, 3.63) is 64.1 Å². The number of pyridine rings is 1. The van der Waals surface area contributed by atoms with Gasteiger partial charge in [-0.25, -0.2) is 4.98 Å². The molecule has 1 aromatic carbocycles. The lowest BCUT2D eigenvalue weighted by Crippen LogP contribution is -2.23. The number of nitrogens with zero attached hydrogens (tertiary/aromatic N) is 3. The molecule has 4 aromatic rings. The average molecular weight is 384 g/mol. The van der Waals surface area contributed by atoms with Crippen molar-refractivity contribution in [2.75, 3.05) is 0 Å². The first-order valence-electron chi connectivity index (χ1n) is 7.45. The maximum atomic E-state index is 12.5. The van der Waals surface area contributed by atoms with Gasteiger partial charge in [0.1, 0.15) is 5.65 Å². The summed E-state index contributed by atoms with van der Waals surface area (Å²) in [5.41, 5.74) is 4.23. The van der Waals surface area contributed by atoms with Crippen LogP contribution in [0.15, 0.2) is 47.3 Å². The molecule has 0 saturated heterocycles. The van der Waals surface area contributed by atoms with Crippen molar-refractivity contribution in [1.29, 1.82) is 0 Å². The lowest BCUT2D eigenvalue weighted by molar-refractivity contribution is 0.0952. The highest BCUT2D eigenvalue weighted by Crippen LogP contribution is 2.22. The van der Waals surface area contributed by atoms with E-state index in [1.54, 1.807) is 12.3 Å². The lowest BCUT2D eigenvalue weighted by atomic mass is 10.1. The van der Waals surface area contributed by atoms with Crippen LogP contribution in [-0.4, -0.2) is 25.5 Å². The Morgan fingerprint density at radius 1 is 1.38 bits per heavy atom. The van der Waals surface area contributed by atoms with E-state index in [1.165, 1.54) is 0 Å². The Bertz CT molecular complexity index is 1070. The van der Waals surface area contributed by atoms with Crippen LogP contribution in [0.3, 0.4) is 0 Å². The molecule has 0 bridgehead atoms. The Labute approximate surface area is 146 Å². The second-order valence-corrected chi connectivity index (χ2v) is 6.58. The van der Waals surface area contributed by atoms with E-state index in [9.17, 15) is 4.79 Å². The Morgan fingerprint density at radius 2 is 2.25 bits per heavy atom. The number of fused-ring (bicyclic) bond motifs is 2. The molecule has 7 heteroatoms.